The topological polar surface area (TPSA) is 57.5 Å². The van der Waals surface area contributed by atoms with Crippen LogP contribution >= 0.6 is 0 Å². The van der Waals surface area contributed by atoms with Gasteiger partial charge in [0, 0.05) is 0 Å². The average Bonchev–Trinajstić information content (AvgIpc) is 2.01. The fourth-order valence-electron chi connectivity index (χ4n) is 1.36. The maximum atomic E-state index is 10.4. The molecule has 1 aromatic rings. The van der Waals surface area contributed by atoms with Gasteiger partial charge in [0.2, 0.25) is 0 Å². The standard InChI is InChI=1S/C11H14O3/c1-7(2)9-4-3-8(5-10(9)12)6-11(13)14/h3-5,7,12H,6H2,1-2H3,(H,13,14). The van der Waals surface area contributed by atoms with Gasteiger partial charge in [0.1, 0.15) is 5.75 Å². The predicted molar refractivity (Wildman–Crippen MR) is 53.5 cm³/mol. The van der Waals surface area contributed by atoms with Crippen LogP contribution in [0.25, 0.3) is 0 Å². The number of carbonyl (C=O) groups is 1. The minimum atomic E-state index is -0.887. The third-order valence-electron chi connectivity index (χ3n) is 2.07. The molecule has 0 aliphatic carbocycles. The van der Waals surface area contributed by atoms with Gasteiger partial charge in [-0.25, -0.2) is 0 Å². The Kier molecular flexibility index (Phi) is 3.12. The van der Waals surface area contributed by atoms with E-state index >= 15 is 0 Å². The molecular weight excluding hydrogens is 180 g/mol. The maximum absolute atomic E-state index is 10.4. The first-order valence-electron chi connectivity index (χ1n) is 4.54. The largest absolute Gasteiger partial charge is 0.508 e. The van der Waals surface area contributed by atoms with Crippen LogP contribution in [0, 0.1) is 0 Å². The van der Waals surface area contributed by atoms with E-state index in [9.17, 15) is 9.90 Å². The number of benzene rings is 1. The van der Waals surface area contributed by atoms with Gasteiger partial charge in [-0.05, 0) is 23.1 Å². The number of rotatable bonds is 3. The maximum Gasteiger partial charge on any atom is 0.307 e. The van der Waals surface area contributed by atoms with Crippen LogP contribution in [-0.2, 0) is 11.2 Å². The lowest BCUT2D eigenvalue weighted by molar-refractivity contribution is -0.136. The van der Waals surface area contributed by atoms with Crippen molar-refractivity contribution in [1.82, 2.24) is 0 Å². The molecule has 0 heterocycles. The van der Waals surface area contributed by atoms with Crippen molar-refractivity contribution in [2.24, 2.45) is 0 Å². The van der Waals surface area contributed by atoms with Crippen molar-refractivity contribution < 1.29 is 15.0 Å². The second-order valence-corrected chi connectivity index (χ2v) is 3.62. The van der Waals surface area contributed by atoms with Crippen molar-refractivity contribution in [3.63, 3.8) is 0 Å². The van der Waals surface area contributed by atoms with Gasteiger partial charge in [0.15, 0.2) is 0 Å². The van der Waals surface area contributed by atoms with E-state index in [-0.39, 0.29) is 18.1 Å². The summed E-state index contributed by atoms with van der Waals surface area (Å²) in [4.78, 5) is 10.4. The lowest BCUT2D eigenvalue weighted by Crippen LogP contribution is -2.00. The van der Waals surface area contributed by atoms with Crippen LogP contribution < -0.4 is 0 Å². The number of phenolic OH excluding ortho intramolecular Hbond substituents is 1. The fourth-order valence-corrected chi connectivity index (χ4v) is 1.36. The van der Waals surface area contributed by atoms with Gasteiger partial charge < -0.3 is 10.2 Å². The molecule has 0 unspecified atom stereocenters. The summed E-state index contributed by atoms with van der Waals surface area (Å²) in [6, 6.07) is 5.03. The van der Waals surface area contributed by atoms with Crippen molar-refractivity contribution in [3.05, 3.63) is 29.3 Å². The molecule has 0 aliphatic heterocycles. The normalized spacial score (nSPS) is 10.5. The predicted octanol–water partition coefficient (Wildman–Crippen LogP) is 2.14. The van der Waals surface area contributed by atoms with E-state index in [1.54, 1.807) is 12.1 Å². The van der Waals surface area contributed by atoms with Gasteiger partial charge in [-0.15, -0.1) is 0 Å². The summed E-state index contributed by atoms with van der Waals surface area (Å²) in [7, 11) is 0. The second kappa shape index (κ2) is 4.13. The first kappa shape index (κ1) is 10.6. The number of hydrogen-bond acceptors (Lipinski definition) is 2. The van der Waals surface area contributed by atoms with E-state index < -0.39 is 5.97 Å². The van der Waals surface area contributed by atoms with E-state index in [2.05, 4.69) is 0 Å². The third-order valence-corrected chi connectivity index (χ3v) is 2.07. The van der Waals surface area contributed by atoms with Crippen LogP contribution in [0.3, 0.4) is 0 Å². The summed E-state index contributed by atoms with van der Waals surface area (Å²) >= 11 is 0. The molecule has 76 valence electrons. The van der Waals surface area contributed by atoms with Crippen LogP contribution in [0.2, 0.25) is 0 Å². The Morgan fingerprint density at radius 1 is 1.43 bits per heavy atom. The number of carboxylic acid groups (broad SMARTS) is 1. The summed E-state index contributed by atoms with van der Waals surface area (Å²) in [6.45, 7) is 3.96. The quantitative estimate of drug-likeness (QED) is 0.775. The van der Waals surface area contributed by atoms with Gasteiger partial charge in [-0.1, -0.05) is 26.0 Å². The molecule has 1 rings (SSSR count). The Bertz CT molecular complexity index is 342. The number of aliphatic carboxylic acids is 1. The molecule has 0 bridgehead atoms. The van der Waals surface area contributed by atoms with Gasteiger partial charge >= 0.3 is 5.97 Å². The molecule has 14 heavy (non-hydrogen) atoms. The van der Waals surface area contributed by atoms with Crippen LogP contribution in [0.4, 0.5) is 0 Å². The highest BCUT2D eigenvalue weighted by molar-refractivity contribution is 5.70. The van der Waals surface area contributed by atoms with Gasteiger partial charge in [-0.3, -0.25) is 4.79 Å². The molecule has 0 saturated heterocycles. The van der Waals surface area contributed by atoms with Gasteiger partial charge in [-0.2, -0.15) is 0 Å². The Balaban J connectivity index is 2.94. The summed E-state index contributed by atoms with van der Waals surface area (Å²) in [5, 5.41) is 18.1. The second-order valence-electron chi connectivity index (χ2n) is 3.62. The highest BCUT2D eigenvalue weighted by Crippen LogP contribution is 2.26. The van der Waals surface area contributed by atoms with E-state index in [0.29, 0.717) is 5.56 Å². The van der Waals surface area contributed by atoms with Crippen molar-refractivity contribution in [2.75, 3.05) is 0 Å². The monoisotopic (exact) mass is 194 g/mol. The Labute approximate surface area is 83.0 Å². The van der Waals surface area contributed by atoms with E-state index in [0.717, 1.165) is 5.56 Å². The molecule has 2 N–H and O–H groups in total. The zero-order chi connectivity index (χ0) is 10.7. The lowest BCUT2D eigenvalue weighted by Gasteiger charge is -2.08. The summed E-state index contributed by atoms with van der Waals surface area (Å²) in [5.41, 5.74) is 1.47. The molecule has 3 heteroatoms. The van der Waals surface area contributed by atoms with Crippen molar-refractivity contribution in [3.8, 4) is 5.75 Å². The molecule has 0 aromatic heterocycles. The average molecular weight is 194 g/mol. The van der Waals surface area contributed by atoms with Gasteiger partial charge in [0.05, 0.1) is 6.42 Å². The summed E-state index contributed by atoms with van der Waals surface area (Å²) in [6.07, 6.45) is -0.0497. The van der Waals surface area contributed by atoms with Crippen LogP contribution in [0.5, 0.6) is 5.75 Å². The minimum absolute atomic E-state index is 0.0497. The molecule has 3 nitrogen and oxygen atoms in total. The first-order valence-corrected chi connectivity index (χ1v) is 4.54. The van der Waals surface area contributed by atoms with Gasteiger partial charge in [0.25, 0.3) is 0 Å². The number of phenols is 1. The molecule has 1 aromatic carbocycles. The fraction of sp³-hybridized carbons (Fsp3) is 0.364. The molecule has 0 fully saturated rings. The lowest BCUT2D eigenvalue weighted by atomic mass is 9.99. The summed E-state index contributed by atoms with van der Waals surface area (Å²) in [5.74, 6) is -0.464. The third kappa shape index (κ3) is 2.49. The highest BCUT2D eigenvalue weighted by Gasteiger charge is 2.07. The Morgan fingerprint density at radius 2 is 2.07 bits per heavy atom. The molecule has 0 spiro atoms. The number of carboxylic acids is 1. The Hall–Kier alpha value is -1.51. The number of aromatic hydroxyl groups is 1. The van der Waals surface area contributed by atoms with E-state index in [1.165, 1.54) is 6.07 Å². The van der Waals surface area contributed by atoms with Crippen LogP contribution in [0.15, 0.2) is 18.2 Å². The van der Waals surface area contributed by atoms with E-state index in [4.69, 9.17) is 5.11 Å². The highest BCUT2D eigenvalue weighted by atomic mass is 16.4. The van der Waals surface area contributed by atoms with Crippen molar-refractivity contribution in [2.45, 2.75) is 26.2 Å². The number of hydrogen-bond donors (Lipinski definition) is 2. The van der Waals surface area contributed by atoms with Crippen LogP contribution in [-0.4, -0.2) is 16.2 Å². The smallest absolute Gasteiger partial charge is 0.307 e. The molecule has 0 amide bonds. The molecule has 0 atom stereocenters. The zero-order valence-corrected chi connectivity index (χ0v) is 8.32. The van der Waals surface area contributed by atoms with Crippen LogP contribution in [0.1, 0.15) is 30.9 Å². The van der Waals surface area contributed by atoms with Crippen molar-refractivity contribution in [1.29, 1.82) is 0 Å². The summed E-state index contributed by atoms with van der Waals surface area (Å²) < 4.78 is 0. The van der Waals surface area contributed by atoms with Crippen molar-refractivity contribution >= 4 is 5.97 Å². The molecule has 0 aliphatic rings. The molecule has 0 radical (unpaired) electrons. The Morgan fingerprint density at radius 3 is 2.50 bits per heavy atom. The SMILES string of the molecule is CC(C)c1ccc(CC(=O)O)cc1O. The first-order chi connectivity index (χ1) is 6.50. The van der Waals surface area contributed by atoms with E-state index in [1.807, 2.05) is 13.8 Å². The zero-order valence-electron chi connectivity index (χ0n) is 8.32. The molecule has 0 saturated carbocycles. The minimum Gasteiger partial charge on any atom is -0.508 e. The molecular formula is C11H14O3.